The number of hydrogen-bond donors (Lipinski definition) is 1. The van der Waals surface area contributed by atoms with E-state index in [1.165, 1.54) is 35.5 Å². The van der Waals surface area contributed by atoms with Gasteiger partial charge < -0.3 is 14.8 Å². The highest BCUT2D eigenvalue weighted by atomic mass is 32.2. The van der Waals surface area contributed by atoms with E-state index in [-0.39, 0.29) is 11.5 Å². The Morgan fingerprint density at radius 3 is 2.38 bits per heavy atom. The molecule has 8 nitrogen and oxygen atoms in total. The average Bonchev–Trinajstić information content (AvgIpc) is 3.16. The number of carbonyl (C=O) groups excluding carboxylic acids is 2. The van der Waals surface area contributed by atoms with Gasteiger partial charge in [-0.3, -0.25) is 4.79 Å². The maximum absolute atomic E-state index is 12.5. The number of esters is 1. The highest BCUT2D eigenvalue weighted by molar-refractivity contribution is 7.89. The van der Waals surface area contributed by atoms with Gasteiger partial charge >= 0.3 is 5.97 Å². The van der Waals surface area contributed by atoms with Crippen molar-refractivity contribution >= 4 is 27.6 Å². The first kappa shape index (κ1) is 20.3. The summed E-state index contributed by atoms with van der Waals surface area (Å²) in [5.74, 6) is -1.13. The Bertz CT molecular complexity index is 726. The molecule has 1 saturated heterocycles. The average molecular weight is 384 g/mol. The molecule has 1 amide bonds. The van der Waals surface area contributed by atoms with Crippen LogP contribution >= 0.6 is 0 Å². The molecule has 0 spiro atoms. The van der Waals surface area contributed by atoms with Gasteiger partial charge in [0.15, 0.2) is 6.10 Å². The van der Waals surface area contributed by atoms with Crippen molar-refractivity contribution in [3.8, 4) is 0 Å². The molecule has 0 unspecified atom stereocenters. The molecule has 26 heavy (non-hydrogen) atoms. The zero-order chi connectivity index (χ0) is 19.2. The Hall–Kier alpha value is -1.97. The number of nitrogens with one attached hydrogen (secondary N) is 1. The zero-order valence-corrected chi connectivity index (χ0v) is 15.8. The summed E-state index contributed by atoms with van der Waals surface area (Å²) in [7, 11) is -3.49. The predicted molar refractivity (Wildman–Crippen MR) is 95.1 cm³/mol. The Morgan fingerprint density at radius 1 is 1.19 bits per heavy atom. The number of nitrogens with zero attached hydrogens (tertiary/aromatic N) is 1. The second kappa shape index (κ2) is 9.11. The summed E-state index contributed by atoms with van der Waals surface area (Å²) in [5, 5.41) is 2.59. The normalized spacial score (nSPS) is 16.2. The summed E-state index contributed by atoms with van der Waals surface area (Å²) in [4.78, 5) is 23.7. The van der Waals surface area contributed by atoms with Gasteiger partial charge in [0, 0.05) is 25.4 Å². The van der Waals surface area contributed by atoms with Crippen molar-refractivity contribution in [2.75, 3.05) is 31.6 Å². The standard InChI is InChI=1S/C17H24N2O6S/c1-3-24-12-16(20)25-13(2)17(21)18-14-6-8-15(9-7-14)26(22,23)19-10-4-5-11-19/h6-9,13H,3-5,10-12H2,1-2H3,(H,18,21)/t13-/m0/s1. The van der Waals surface area contributed by atoms with E-state index in [1.807, 2.05) is 0 Å². The van der Waals surface area contributed by atoms with Crippen molar-refractivity contribution in [1.82, 2.24) is 4.31 Å². The number of sulfonamides is 1. The molecule has 0 aromatic heterocycles. The summed E-state index contributed by atoms with van der Waals surface area (Å²) in [5.41, 5.74) is 0.420. The third-order valence-corrected chi connectivity index (χ3v) is 5.84. The molecule has 144 valence electrons. The third kappa shape index (κ3) is 5.26. The molecular formula is C17H24N2O6S. The van der Waals surface area contributed by atoms with E-state index in [1.54, 1.807) is 6.92 Å². The molecule has 1 aromatic rings. The van der Waals surface area contributed by atoms with Gasteiger partial charge in [-0.25, -0.2) is 13.2 Å². The summed E-state index contributed by atoms with van der Waals surface area (Å²) in [6.07, 6.45) is 0.747. The van der Waals surface area contributed by atoms with Crippen LogP contribution in [0.15, 0.2) is 29.2 Å². The first-order valence-corrected chi connectivity index (χ1v) is 9.97. The van der Waals surface area contributed by atoms with Crippen LogP contribution in [0.25, 0.3) is 0 Å². The fourth-order valence-corrected chi connectivity index (χ4v) is 4.02. The first-order valence-electron chi connectivity index (χ1n) is 8.53. The highest BCUT2D eigenvalue weighted by Gasteiger charge is 2.27. The summed E-state index contributed by atoms with van der Waals surface area (Å²) < 4.78 is 36.2. The number of ether oxygens (including phenoxy) is 2. The number of amides is 1. The second-order valence-electron chi connectivity index (χ2n) is 5.89. The van der Waals surface area contributed by atoms with Crippen LogP contribution in [0.5, 0.6) is 0 Å². The summed E-state index contributed by atoms with van der Waals surface area (Å²) >= 11 is 0. The van der Waals surface area contributed by atoms with E-state index in [0.29, 0.717) is 25.4 Å². The second-order valence-corrected chi connectivity index (χ2v) is 7.83. The quantitative estimate of drug-likeness (QED) is 0.680. The van der Waals surface area contributed by atoms with Gasteiger partial charge in [0.2, 0.25) is 10.0 Å². The van der Waals surface area contributed by atoms with E-state index in [9.17, 15) is 18.0 Å². The SMILES string of the molecule is CCOCC(=O)O[C@@H](C)C(=O)Nc1ccc(S(=O)(=O)N2CCCC2)cc1. The van der Waals surface area contributed by atoms with Crippen molar-refractivity contribution in [1.29, 1.82) is 0 Å². The number of hydrogen-bond acceptors (Lipinski definition) is 6. The van der Waals surface area contributed by atoms with E-state index in [4.69, 9.17) is 9.47 Å². The number of benzene rings is 1. The fraction of sp³-hybridized carbons (Fsp3) is 0.529. The lowest BCUT2D eigenvalue weighted by Crippen LogP contribution is -2.31. The van der Waals surface area contributed by atoms with Crippen LogP contribution in [0.3, 0.4) is 0 Å². The van der Waals surface area contributed by atoms with E-state index in [2.05, 4.69) is 5.32 Å². The topological polar surface area (TPSA) is 102 Å². The number of carbonyl (C=O) groups is 2. The molecule has 0 radical (unpaired) electrons. The molecule has 2 rings (SSSR count). The number of anilines is 1. The molecule has 1 N–H and O–H groups in total. The Labute approximate surface area is 153 Å². The lowest BCUT2D eigenvalue weighted by molar-refractivity contribution is -0.157. The minimum Gasteiger partial charge on any atom is -0.451 e. The maximum atomic E-state index is 12.5. The van der Waals surface area contributed by atoms with Crippen LogP contribution in [0, 0.1) is 0 Å². The Balaban J connectivity index is 1.94. The molecular weight excluding hydrogens is 360 g/mol. The molecule has 1 heterocycles. The molecule has 9 heteroatoms. The van der Waals surface area contributed by atoms with Gasteiger partial charge in [-0.15, -0.1) is 0 Å². The zero-order valence-electron chi connectivity index (χ0n) is 14.9. The molecule has 1 aliphatic rings. The van der Waals surface area contributed by atoms with Crippen LogP contribution in [0.2, 0.25) is 0 Å². The fourth-order valence-electron chi connectivity index (χ4n) is 2.50. The molecule has 1 fully saturated rings. The molecule has 0 saturated carbocycles. The minimum atomic E-state index is -3.49. The monoisotopic (exact) mass is 384 g/mol. The lowest BCUT2D eigenvalue weighted by atomic mass is 10.3. The van der Waals surface area contributed by atoms with Gasteiger partial charge in [-0.2, -0.15) is 4.31 Å². The van der Waals surface area contributed by atoms with E-state index >= 15 is 0 Å². The van der Waals surface area contributed by atoms with Crippen molar-refractivity contribution in [3.63, 3.8) is 0 Å². The van der Waals surface area contributed by atoms with Crippen LogP contribution in [-0.4, -0.2) is 57.0 Å². The van der Waals surface area contributed by atoms with Gasteiger partial charge in [-0.1, -0.05) is 0 Å². The van der Waals surface area contributed by atoms with Crippen LogP contribution in [-0.2, 0) is 29.1 Å². The third-order valence-electron chi connectivity index (χ3n) is 3.93. The van der Waals surface area contributed by atoms with Gasteiger partial charge in [0.25, 0.3) is 5.91 Å². The number of rotatable bonds is 8. The smallest absolute Gasteiger partial charge is 0.332 e. The van der Waals surface area contributed by atoms with Gasteiger partial charge in [0.1, 0.15) is 6.61 Å². The highest BCUT2D eigenvalue weighted by Crippen LogP contribution is 2.22. The van der Waals surface area contributed by atoms with Crippen LogP contribution < -0.4 is 5.32 Å². The van der Waals surface area contributed by atoms with Crippen molar-refractivity contribution in [2.24, 2.45) is 0 Å². The lowest BCUT2D eigenvalue weighted by Gasteiger charge is -2.16. The van der Waals surface area contributed by atoms with Crippen molar-refractivity contribution in [2.45, 2.75) is 37.7 Å². The largest absolute Gasteiger partial charge is 0.451 e. The predicted octanol–water partition coefficient (Wildman–Crippen LogP) is 1.38. The summed E-state index contributed by atoms with van der Waals surface area (Å²) in [6, 6.07) is 5.93. The van der Waals surface area contributed by atoms with Crippen LogP contribution in [0.1, 0.15) is 26.7 Å². The van der Waals surface area contributed by atoms with Gasteiger partial charge in [-0.05, 0) is 51.0 Å². The molecule has 1 aliphatic heterocycles. The van der Waals surface area contributed by atoms with E-state index < -0.39 is 28.0 Å². The minimum absolute atomic E-state index is 0.189. The first-order chi connectivity index (χ1) is 12.3. The summed E-state index contributed by atoms with van der Waals surface area (Å²) in [6.45, 7) is 4.43. The molecule has 0 bridgehead atoms. The Morgan fingerprint density at radius 2 is 1.81 bits per heavy atom. The van der Waals surface area contributed by atoms with E-state index in [0.717, 1.165) is 12.8 Å². The van der Waals surface area contributed by atoms with Gasteiger partial charge in [0.05, 0.1) is 4.90 Å². The molecule has 1 atom stereocenters. The molecule has 1 aromatic carbocycles. The van der Waals surface area contributed by atoms with Crippen LogP contribution in [0.4, 0.5) is 5.69 Å². The van der Waals surface area contributed by atoms with Crippen molar-refractivity contribution < 1.29 is 27.5 Å². The maximum Gasteiger partial charge on any atom is 0.332 e. The molecule has 0 aliphatic carbocycles. The van der Waals surface area contributed by atoms with Crippen molar-refractivity contribution in [3.05, 3.63) is 24.3 Å². The Kier molecular flexibility index (Phi) is 7.13.